The number of hydrogen-bond acceptors (Lipinski definition) is 5. The second-order valence-electron chi connectivity index (χ2n) is 6.07. The Morgan fingerprint density at radius 3 is 2.58 bits per heavy atom. The molecule has 142 valence electrons. The molecule has 0 bridgehead atoms. The van der Waals surface area contributed by atoms with Crippen LogP contribution in [0.15, 0.2) is 33.8 Å². The monoisotopic (exact) mass is 360 g/mol. The van der Waals surface area contributed by atoms with Crippen LogP contribution in [0.4, 0.5) is 0 Å². The zero-order valence-corrected chi connectivity index (χ0v) is 16.1. The van der Waals surface area contributed by atoms with Crippen molar-refractivity contribution in [2.45, 2.75) is 39.8 Å². The molecule has 0 spiro atoms. The van der Waals surface area contributed by atoms with Crippen LogP contribution >= 0.6 is 0 Å². The molecule has 0 saturated carbocycles. The molecule has 1 heterocycles. The van der Waals surface area contributed by atoms with Crippen molar-refractivity contribution in [1.29, 1.82) is 0 Å². The molecule has 0 fully saturated rings. The summed E-state index contributed by atoms with van der Waals surface area (Å²) in [6.07, 6.45) is 0. The number of nitrogens with one attached hydrogen (secondary N) is 2. The average molecular weight is 360 g/mol. The van der Waals surface area contributed by atoms with Gasteiger partial charge in [0.15, 0.2) is 23.2 Å². The highest BCUT2D eigenvalue weighted by Gasteiger charge is 2.09. The maximum Gasteiger partial charge on any atom is 0.191 e. The van der Waals surface area contributed by atoms with Gasteiger partial charge in [0.05, 0.1) is 26.0 Å². The van der Waals surface area contributed by atoms with E-state index in [0.717, 1.165) is 28.5 Å². The largest absolute Gasteiger partial charge is 0.493 e. The van der Waals surface area contributed by atoms with E-state index in [0.29, 0.717) is 31.6 Å². The van der Waals surface area contributed by atoms with Crippen molar-refractivity contribution in [2.75, 3.05) is 20.8 Å². The fourth-order valence-electron chi connectivity index (χ4n) is 2.36. The van der Waals surface area contributed by atoms with Gasteiger partial charge in [-0.2, -0.15) is 0 Å². The minimum Gasteiger partial charge on any atom is -0.493 e. The predicted octanol–water partition coefficient (Wildman–Crippen LogP) is 3.07. The van der Waals surface area contributed by atoms with Crippen molar-refractivity contribution in [3.8, 4) is 11.5 Å². The Balaban J connectivity index is 1.91. The summed E-state index contributed by atoms with van der Waals surface area (Å²) in [6.45, 7) is 7.84. The van der Waals surface area contributed by atoms with Gasteiger partial charge in [-0.05, 0) is 30.5 Å². The quantitative estimate of drug-likeness (QED) is 0.556. The molecular weight excluding hydrogens is 332 g/mol. The Morgan fingerprint density at radius 2 is 1.96 bits per heavy atom. The van der Waals surface area contributed by atoms with Crippen LogP contribution in [-0.4, -0.2) is 31.9 Å². The molecule has 7 heteroatoms. The van der Waals surface area contributed by atoms with Crippen molar-refractivity contribution < 1.29 is 14.0 Å². The SMILES string of the molecule is CCOc1cc(CNC(=NC)NCc2cc(C(C)C)no2)ccc1OC. The highest BCUT2D eigenvalue weighted by Crippen LogP contribution is 2.27. The minimum absolute atomic E-state index is 0.347. The molecule has 2 aromatic rings. The van der Waals surface area contributed by atoms with Gasteiger partial charge in [0.25, 0.3) is 0 Å². The molecule has 26 heavy (non-hydrogen) atoms. The molecule has 2 N–H and O–H groups in total. The number of methoxy groups -OCH3 is 1. The van der Waals surface area contributed by atoms with Gasteiger partial charge in [0.2, 0.25) is 0 Å². The van der Waals surface area contributed by atoms with Crippen molar-refractivity contribution in [1.82, 2.24) is 15.8 Å². The summed E-state index contributed by atoms with van der Waals surface area (Å²) in [6, 6.07) is 7.82. The van der Waals surface area contributed by atoms with Crippen LogP contribution in [0.5, 0.6) is 11.5 Å². The third-order valence-electron chi connectivity index (χ3n) is 3.81. The Morgan fingerprint density at radius 1 is 1.19 bits per heavy atom. The topological polar surface area (TPSA) is 80.9 Å². The molecule has 0 aliphatic rings. The molecule has 2 rings (SSSR count). The molecule has 0 aliphatic carbocycles. The predicted molar refractivity (Wildman–Crippen MR) is 102 cm³/mol. The van der Waals surface area contributed by atoms with Gasteiger partial charge in [-0.25, -0.2) is 0 Å². The van der Waals surface area contributed by atoms with Gasteiger partial charge in [-0.15, -0.1) is 0 Å². The van der Waals surface area contributed by atoms with Gasteiger partial charge in [-0.1, -0.05) is 25.1 Å². The van der Waals surface area contributed by atoms with Crippen LogP contribution in [0.3, 0.4) is 0 Å². The minimum atomic E-state index is 0.347. The molecule has 0 aliphatic heterocycles. The third kappa shape index (κ3) is 5.40. The van der Waals surface area contributed by atoms with E-state index in [9.17, 15) is 0 Å². The lowest BCUT2D eigenvalue weighted by Gasteiger charge is -2.13. The molecule has 0 amide bonds. The maximum atomic E-state index is 5.61. The zero-order chi connectivity index (χ0) is 18.9. The van der Waals surface area contributed by atoms with Gasteiger partial charge < -0.3 is 24.6 Å². The van der Waals surface area contributed by atoms with Crippen molar-refractivity contribution in [2.24, 2.45) is 4.99 Å². The zero-order valence-electron chi connectivity index (χ0n) is 16.1. The summed E-state index contributed by atoms with van der Waals surface area (Å²) in [4.78, 5) is 4.23. The first kappa shape index (κ1) is 19.6. The first-order chi connectivity index (χ1) is 12.6. The van der Waals surface area contributed by atoms with Gasteiger partial charge in [-0.3, -0.25) is 4.99 Å². The number of nitrogens with zero attached hydrogens (tertiary/aromatic N) is 2. The number of benzene rings is 1. The van der Waals surface area contributed by atoms with E-state index in [-0.39, 0.29) is 0 Å². The van der Waals surface area contributed by atoms with E-state index < -0.39 is 0 Å². The van der Waals surface area contributed by atoms with Crippen molar-refractivity contribution in [3.63, 3.8) is 0 Å². The fraction of sp³-hybridized carbons (Fsp3) is 0.474. The number of rotatable bonds is 8. The van der Waals surface area contributed by atoms with Crippen LogP contribution in [-0.2, 0) is 13.1 Å². The van der Waals surface area contributed by atoms with Gasteiger partial charge in [0.1, 0.15) is 0 Å². The summed E-state index contributed by atoms with van der Waals surface area (Å²) in [7, 11) is 3.37. The highest BCUT2D eigenvalue weighted by molar-refractivity contribution is 5.79. The fourth-order valence-corrected chi connectivity index (χ4v) is 2.36. The Hall–Kier alpha value is -2.70. The second kappa shape index (κ2) is 9.70. The van der Waals surface area contributed by atoms with Crippen LogP contribution in [0, 0.1) is 0 Å². The highest BCUT2D eigenvalue weighted by atomic mass is 16.5. The first-order valence-corrected chi connectivity index (χ1v) is 8.77. The molecule has 1 aromatic carbocycles. The molecule has 0 saturated heterocycles. The van der Waals surface area contributed by atoms with Crippen molar-refractivity contribution >= 4 is 5.96 Å². The van der Waals surface area contributed by atoms with Gasteiger partial charge >= 0.3 is 0 Å². The number of hydrogen-bond donors (Lipinski definition) is 2. The second-order valence-corrected chi connectivity index (χ2v) is 6.07. The summed E-state index contributed by atoms with van der Waals surface area (Å²) in [5, 5.41) is 10.5. The first-order valence-electron chi connectivity index (χ1n) is 8.77. The molecule has 0 radical (unpaired) electrons. The molecule has 1 aromatic heterocycles. The molecule has 0 unspecified atom stereocenters. The Labute approximate surface area is 154 Å². The molecule has 0 atom stereocenters. The van der Waals surface area contributed by atoms with E-state index in [2.05, 4.69) is 34.6 Å². The summed E-state index contributed by atoms with van der Waals surface area (Å²) in [5.41, 5.74) is 2.02. The molecular formula is C19H28N4O3. The van der Waals surface area contributed by atoms with E-state index in [1.807, 2.05) is 31.2 Å². The van der Waals surface area contributed by atoms with E-state index in [1.54, 1.807) is 14.2 Å². The number of aromatic nitrogens is 1. The number of aliphatic imine (C=N–C) groups is 1. The lowest BCUT2D eigenvalue weighted by Crippen LogP contribution is -2.36. The smallest absolute Gasteiger partial charge is 0.191 e. The normalized spacial score (nSPS) is 11.5. The van der Waals surface area contributed by atoms with E-state index in [1.165, 1.54) is 0 Å². The number of guanidine groups is 1. The summed E-state index contributed by atoms with van der Waals surface area (Å²) < 4.78 is 16.2. The Kier molecular flexibility index (Phi) is 7.32. The van der Waals surface area contributed by atoms with Crippen LogP contribution < -0.4 is 20.1 Å². The standard InChI is InChI=1S/C19H28N4O3/c1-6-25-18-9-14(7-8-17(18)24-5)11-21-19(20-4)22-12-15-10-16(13(2)3)23-26-15/h7-10,13H,6,11-12H2,1-5H3,(H2,20,21,22). The third-order valence-corrected chi connectivity index (χ3v) is 3.81. The maximum absolute atomic E-state index is 5.61. The summed E-state index contributed by atoms with van der Waals surface area (Å²) >= 11 is 0. The lowest BCUT2D eigenvalue weighted by atomic mass is 10.1. The average Bonchev–Trinajstić information content (AvgIpc) is 3.12. The van der Waals surface area contributed by atoms with E-state index >= 15 is 0 Å². The van der Waals surface area contributed by atoms with Crippen molar-refractivity contribution in [3.05, 3.63) is 41.3 Å². The lowest BCUT2D eigenvalue weighted by molar-refractivity contribution is 0.310. The van der Waals surface area contributed by atoms with Crippen LogP contribution in [0.25, 0.3) is 0 Å². The van der Waals surface area contributed by atoms with Crippen LogP contribution in [0.2, 0.25) is 0 Å². The van der Waals surface area contributed by atoms with E-state index in [4.69, 9.17) is 14.0 Å². The Bertz CT molecular complexity index is 725. The summed E-state index contributed by atoms with van der Waals surface area (Å²) in [5.74, 6) is 3.27. The van der Waals surface area contributed by atoms with Gasteiger partial charge in [0, 0.05) is 19.7 Å². The molecule has 7 nitrogen and oxygen atoms in total. The van der Waals surface area contributed by atoms with Crippen LogP contribution in [0.1, 0.15) is 43.7 Å². The number of ether oxygens (including phenoxy) is 2.